The number of ether oxygens (including phenoxy) is 5. The van der Waals surface area contributed by atoms with E-state index in [1.807, 2.05) is 26.0 Å². The van der Waals surface area contributed by atoms with Crippen molar-refractivity contribution in [1.29, 1.82) is 0 Å². The molecule has 0 saturated carbocycles. The van der Waals surface area contributed by atoms with Gasteiger partial charge in [-0.2, -0.15) is 10.2 Å². The van der Waals surface area contributed by atoms with E-state index < -0.39 is 12.0 Å². The molecule has 2 N–H and O–H groups in total. The topological polar surface area (TPSA) is 179 Å². The number of fused-ring (bicyclic) bond motifs is 1. The number of nitrogens with zero attached hydrogens (tertiary/aromatic N) is 6. The number of nitrogens with one attached hydrogen (secondary N) is 2. The summed E-state index contributed by atoms with van der Waals surface area (Å²) in [7, 11) is 7.97. The Bertz CT molecular complexity index is 2270. The van der Waals surface area contributed by atoms with E-state index in [9.17, 15) is 9.59 Å². The van der Waals surface area contributed by atoms with Crippen LogP contribution in [0.5, 0.6) is 23.0 Å². The van der Waals surface area contributed by atoms with Crippen molar-refractivity contribution in [3.63, 3.8) is 0 Å². The van der Waals surface area contributed by atoms with Crippen LogP contribution in [0.1, 0.15) is 40.0 Å². The van der Waals surface area contributed by atoms with Crippen molar-refractivity contribution in [1.82, 2.24) is 40.2 Å². The third-order valence-electron chi connectivity index (χ3n) is 8.50. The highest BCUT2D eigenvalue weighted by atomic mass is 16.5. The number of aryl methyl sites for hydroxylation is 3. The van der Waals surface area contributed by atoms with E-state index in [1.54, 1.807) is 80.3 Å². The average molecular weight is 725 g/mol. The lowest BCUT2D eigenvalue weighted by Gasteiger charge is -2.12. The SMILES string of the molecule is CCn1nc(C)cc1-c1nc(-c2nc(C(=O)NCc3ccc(OC)cc3OC)cc3c2cnn3C)c(CNC(=O)OCc2ccc(OC)cc2OC)o1. The summed E-state index contributed by atoms with van der Waals surface area (Å²) in [5.41, 5.74) is 4.21. The van der Waals surface area contributed by atoms with Crippen molar-refractivity contribution in [3.05, 3.63) is 83.0 Å². The van der Waals surface area contributed by atoms with Gasteiger partial charge >= 0.3 is 6.09 Å². The molecule has 0 unspecified atom stereocenters. The number of amides is 2. The van der Waals surface area contributed by atoms with Crippen LogP contribution in [-0.2, 0) is 38.0 Å². The van der Waals surface area contributed by atoms with Gasteiger partial charge in [-0.1, -0.05) is 0 Å². The molecule has 16 nitrogen and oxygen atoms in total. The van der Waals surface area contributed by atoms with Crippen molar-refractivity contribution in [2.75, 3.05) is 28.4 Å². The molecule has 0 spiro atoms. The quantitative estimate of drug-likeness (QED) is 0.150. The standard InChI is InChI=1S/C37H40N8O8/c1-8-45-29(13-21(2)43-45)36-42-34(32(53-36)19-39-37(47)52-20-23-10-12-25(49-5)15-31(23)51-7)33-26-18-40-44(3)28(26)16-27(41-33)35(46)38-17-22-9-11-24(48-4)14-30(22)50-6/h9-16,18H,8,17,19-20H2,1-7H3,(H,38,46)(H,39,47). The molecular weight excluding hydrogens is 684 g/mol. The molecule has 0 atom stereocenters. The maximum Gasteiger partial charge on any atom is 0.407 e. The van der Waals surface area contributed by atoms with Gasteiger partial charge in [-0.25, -0.2) is 14.8 Å². The molecule has 0 saturated heterocycles. The number of aromatic nitrogens is 6. The molecule has 16 heteroatoms. The number of rotatable bonds is 14. The summed E-state index contributed by atoms with van der Waals surface area (Å²) in [6, 6.07) is 14.1. The molecule has 276 valence electrons. The smallest absolute Gasteiger partial charge is 0.407 e. The number of methoxy groups -OCH3 is 4. The normalized spacial score (nSPS) is 11.0. The summed E-state index contributed by atoms with van der Waals surface area (Å²) in [5, 5.41) is 15.3. The summed E-state index contributed by atoms with van der Waals surface area (Å²) in [5.74, 6) is 2.42. The van der Waals surface area contributed by atoms with E-state index in [-0.39, 0.29) is 37.0 Å². The minimum atomic E-state index is -0.706. The van der Waals surface area contributed by atoms with Crippen LogP contribution in [0.25, 0.3) is 33.9 Å². The van der Waals surface area contributed by atoms with Gasteiger partial charge in [-0.15, -0.1) is 0 Å². The zero-order chi connectivity index (χ0) is 37.6. The number of alkyl carbamates (subject to hydrolysis) is 1. The van der Waals surface area contributed by atoms with E-state index in [0.717, 1.165) is 11.3 Å². The van der Waals surface area contributed by atoms with E-state index in [1.165, 1.54) is 7.11 Å². The Hall–Kier alpha value is -6.58. The minimum absolute atomic E-state index is 0.0557. The third-order valence-corrected chi connectivity index (χ3v) is 8.50. The molecule has 4 aromatic heterocycles. The Morgan fingerprint density at radius 1 is 0.830 bits per heavy atom. The highest BCUT2D eigenvalue weighted by Gasteiger charge is 2.25. The van der Waals surface area contributed by atoms with Crippen LogP contribution < -0.4 is 29.6 Å². The van der Waals surface area contributed by atoms with E-state index >= 15 is 0 Å². The summed E-state index contributed by atoms with van der Waals surface area (Å²) < 4.78 is 36.7. The predicted molar refractivity (Wildman–Crippen MR) is 193 cm³/mol. The van der Waals surface area contributed by atoms with Crippen LogP contribution in [-0.4, -0.2) is 70.0 Å². The molecule has 0 radical (unpaired) electrons. The third kappa shape index (κ3) is 7.71. The summed E-state index contributed by atoms with van der Waals surface area (Å²) in [6.45, 7) is 4.40. The second-order valence-corrected chi connectivity index (χ2v) is 11.8. The van der Waals surface area contributed by atoms with Crippen LogP contribution >= 0.6 is 0 Å². The molecule has 0 fully saturated rings. The fourth-order valence-corrected chi connectivity index (χ4v) is 5.75. The molecule has 2 aromatic carbocycles. The van der Waals surface area contributed by atoms with Gasteiger partial charge in [0.15, 0.2) is 5.76 Å². The van der Waals surface area contributed by atoms with Crippen molar-refractivity contribution in [2.24, 2.45) is 7.05 Å². The lowest BCUT2D eigenvalue weighted by molar-refractivity contribution is 0.0946. The van der Waals surface area contributed by atoms with E-state index in [2.05, 4.69) is 20.8 Å². The van der Waals surface area contributed by atoms with Gasteiger partial charge in [0.05, 0.1) is 52.4 Å². The molecule has 53 heavy (non-hydrogen) atoms. The number of carbonyl (C=O) groups is 2. The Morgan fingerprint density at radius 3 is 2.21 bits per heavy atom. The Kier molecular flexibility index (Phi) is 10.8. The van der Waals surface area contributed by atoms with Gasteiger partial charge in [-0.3, -0.25) is 14.2 Å². The zero-order valence-corrected chi connectivity index (χ0v) is 30.5. The molecule has 0 aliphatic rings. The molecule has 6 rings (SSSR count). The lowest BCUT2D eigenvalue weighted by Crippen LogP contribution is -2.25. The maximum atomic E-state index is 13.7. The molecule has 6 aromatic rings. The molecule has 0 aliphatic heterocycles. The number of hydrogen-bond acceptors (Lipinski definition) is 12. The van der Waals surface area contributed by atoms with Gasteiger partial charge in [0.25, 0.3) is 5.91 Å². The highest BCUT2D eigenvalue weighted by molar-refractivity contribution is 6.00. The number of benzene rings is 2. The molecule has 0 aliphatic carbocycles. The van der Waals surface area contributed by atoms with Gasteiger partial charge in [0.2, 0.25) is 5.89 Å². The maximum absolute atomic E-state index is 13.7. The second kappa shape index (κ2) is 15.8. The van der Waals surface area contributed by atoms with Crippen LogP contribution in [0.2, 0.25) is 0 Å². The van der Waals surface area contributed by atoms with Gasteiger partial charge in [0, 0.05) is 48.8 Å². The Labute approximate surface area is 305 Å². The molecule has 0 bridgehead atoms. The molecule has 4 heterocycles. The Balaban J connectivity index is 1.32. The summed E-state index contributed by atoms with van der Waals surface area (Å²) in [6.07, 6.45) is 0.937. The molecule has 2 amide bonds. The number of carbonyl (C=O) groups excluding carboxylic acids is 2. The first-order chi connectivity index (χ1) is 25.7. The van der Waals surface area contributed by atoms with Gasteiger partial charge in [-0.05, 0) is 50.2 Å². The monoisotopic (exact) mass is 724 g/mol. The van der Waals surface area contributed by atoms with Crippen molar-refractivity contribution in [2.45, 2.75) is 40.1 Å². The fourth-order valence-electron chi connectivity index (χ4n) is 5.75. The summed E-state index contributed by atoms with van der Waals surface area (Å²) in [4.78, 5) is 36.3. The van der Waals surface area contributed by atoms with Crippen LogP contribution in [0.4, 0.5) is 4.79 Å². The number of oxazole rings is 1. The zero-order valence-electron chi connectivity index (χ0n) is 30.5. The highest BCUT2D eigenvalue weighted by Crippen LogP contribution is 2.34. The first-order valence-corrected chi connectivity index (χ1v) is 16.6. The predicted octanol–water partition coefficient (Wildman–Crippen LogP) is 5.21. The largest absolute Gasteiger partial charge is 0.497 e. The average Bonchev–Trinajstić information content (AvgIpc) is 3.90. The van der Waals surface area contributed by atoms with Crippen molar-refractivity contribution >= 4 is 22.9 Å². The van der Waals surface area contributed by atoms with Crippen molar-refractivity contribution in [3.8, 4) is 46.0 Å². The van der Waals surface area contributed by atoms with Crippen LogP contribution in [0.3, 0.4) is 0 Å². The number of hydrogen-bond donors (Lipinski definition) is 2. The minimum Gasteiger partial charge on any atom is -0.497 e. The first kappa shape index (κ1) is 36.2. The van der Waals surface area contributed by atoms with Gasteiger partial charge in [0.1, 0.15) is 52.4 Å². The number of pyridine rings is 1. The van der Waals surface area contributed by atoms with E-state index in [4.69, 9.17) is 38.1 Å². The first-order valence-electron chi connectivity index (χ1n) is 16.6. The van der Waals surface area contributed by atoms with Crippen molar-refractivity contribution < 1.29 is 37.7 Å². The van der Waals surface area contributed by atoms with E-state index in [0.29, 0.717) is 63.1 Å². The van der Waals surface area contributed by atoms with Crippen LogP contribution in [0, 0.1) is 6.92 Å². The van der Waals surface area contributed by atoms with Gasteiger partial charge < -0.3 is 38.7 Å². The fraction of sp³-hybridized carbons (Fsp3) is 0.297. The Morgan fingerprint density at radius 2 is 1.53 bits per heavy atom. The molecular formula is C37H40N8O8. The second-order valence-electron chi connectivity index (χ2n) is 11.8. The lowest BCUT2D eigenvalue weighted by atomic mass is 10.1. The van der Waals surface area contributed by atoms with Crippen LogP contribution in [0.15, 0.2) is 59.1 Å². The summed E-state index contributed by atoms with van der Waals surface area (Å²) >= 11 is 0.